The second kappa shape index (κ2) is 6.32. The van der Waals surface area contributed by atoms with Crippen molar-refractivity contribution in [1.82, 2.24) is 10.4 Å². The molecule has 0 aromatic heterocycles. The van der Waals surface area contributed by atoms with Gasteiger partial charge in [-0.3, -0.25) is 4.79 Å². The second-order valence-corrected chi connectivity index (χ2v) is 6.80. The Kier molecular flexibility index (Phi) is 4.64. The van der Waals surface area contributed by atoms with Gasteiger partial charge in [0.15, 0.2) is 0 Å². The number of rotatable bonds is 3. The van der Waals surface area contributed by atoms with Crippen molar-refractivity contribution in [3.8, 4) is 0 Å². The number of allylic oxidation sites excluding steroid dienone is 5. The minimum absolute atomic E-state index is 0.218. The molecule has 1 aromatic rings. The molecule has 0 unspecified atom stereocenters. The van der Waals surface area contributed by atoms with Gasteiger partial charge >= 0.3 is 0 Å². The Morgan fingerprint density at radius 3 is 2.04 bits per heavy atom. The van der Waals surface area contributed by atoms with Gasteiger partial charge in [0.2, 0.25) is 0 Å². The fourth-order valence-electron chi connectivity index (χ4n) is 2.44. The molecule has 1 aliphatic carbocycles. The average molecular weight is 311 g/mol. The zero-order valence-electron chi connectivity index (χ0n) is 14.3. The minimum atomic E-state index is -0.545. The van der Waals surface area contributed by atoms with Crippen molar-refractivity contribution >= 4 is 5.91 Å². The minimum Gasteiger partial charge on any atom is -0.859 e. The summed E-state index contributed by atoms with van der Waals surface area (Å²) in [5.41, 5.74) is 5.34. The molecule has 4 heteroatoms. The molecule has 1 N–H and O–H groups in total. The van der Waals surface area contributed by atoms with Crippen LogP contribution in [0.3, 0.4) is 0 Å². The first kappa shape index (κ1) is 16.9. The van der Waals surface area contributed by atoms with Crippen molar-refractivity contribution in [1.29, 1.82) is 0 Å². The van der Waals surface area contributed by atoms with E-state index in [4.69, 9.17) is 0 Å². The molecule has 4 nitrogen and oxygen atoms in total. The summed E-state index contributed by atoms with van der Waals surface area (Å²) in [5.74, 6) is -0.508. The van der Waals surface area contributed by atoms with E-state index < -0.39 is 5.54 Å². The zero-order valence-corrected chi connectivity index (χ0v) is 14.3. The van der Waals surface area contributed by atoms with Gasteiger partial charge in [0.1, 0.15) is 0 Å². The Morgan fingerprint density at radius 1 is 1.04 bits per heavy atom. The molecule has 1 aromatic carbocycles. The summed E-state index contributed by atoms with van der Waals surface area (Å²) >= 11 is 0. The highest BCUT2D eigenvalue weighted by molar-refractivity contribution is 5.94. The summed E-state index contributed by atoms with van der Waals surface area (Å²) in [7, 11) is 0. The van der Waals surface area contributed by atoms with Crippen LogP contribution < -0.4 is 10.5 Å². The molecule has 0 radical (unpaired) electrons. The van der Waals surface area contributed by atoms with Crippen LogP contribution in [0.2, 0.25) is 0 Å². The Labute approximate surface area is 137 Å². The van der Waals surface area contributed by atoms with Crippen LogP contribution in [0.25, 0.3) is 0 Å². The molecular weight excluding hydrogens is 288 g/mol. The van der Waals surface area contributed by atoms with Crippen LogP contribution >= 0.6 is 0 Å². The molecule has 1 aliphatic rings. The van der Waals surface area contributed by atoms with Crippen molar-refractivity contribution in [2.75, 3.05) is 0 Å². The van der Waals surface area contributed by atoms with E-state index in [1.54, 1.807) is 24.3 Å². The maximum atomic E-state index is 12.9. The molecule has 0 fully saturated rings. The molecule has 0 aliphatic heterocycles. The molecule has 0 saturated heterocycles. The van der Waals surface area contributed by atoms with Crippen LogP contribution in [-0.2, 0) is 0 Å². The zero-order chi connectivity index (χ0) is 17.2. The third-order valence-electron chi connectivity index (χ3n) is 3.48. The third kappa shape index (κ3) is 4.03. The lowest BCUT2D eigenvalue weighted by atomic mass is 10.0. The van der Waals surface area contributed by atoms with Gasteiger partial charge < -0.3 is 10.5 Å². The number of hydrogen-bond acceptors (Lipinski definition) is 3. The number of carbonyl (C=O) groups is 1. The number of amides is 1. The molecule has 0 atom stereocenters. The summed E-state index contributed by atoms with van der Waals surface area (Å²) in [6.07, 6.45) is 7.03. The molecule has 2 rings (SSSR count). The number of hydrazine groups is 1. The van der Waals surface area contributed by atoms with Crippen LogP contribution in [0, 0.1) is 13.8 Å². The fourth-order valence-corrected chi connectivity index (χ4v) is 2.44. The van der Waals surface area contributed by atoms with Gasteiger partial charge in [0, 0.05) is 5.56 Å². The average Bonchev–Trinajstić information content (AvgIpc) is 2.95. The molecule has 0 saturated carbocycles. The summed E-state index contributed by atoms with van der Waals surface area (Å²) in [6, 6.07) is 5.69. The molecule has 23 heavy (non-hydrogen) atoms. The van der Waals surface area contributed by atoms with E-state index in [0.717, 1.165) is 11.1 Å². The van der Waals surface area contributed by atoms with Crippen molar-refractivity contribution in [3.05, 3.63) is 70.6 Å². The Balaban J connectivity index is 2.35. The number of carbonyl (C=O) groups excluding carboxylic acids is 1. The van der Waals surface area contributed by atoms with E-state index >= 15 is 0 Å². The van der Waals surface area contributed by atoms with Crippen LogP contribution in [0.1, 0.15) is 42.3 Å². The lowest BCUT2D eigenvalue weighted by Gasteiger charge is -2.39. The number of nitrogens with one attached hydrogen (secondary N) is 1. The van der Waals surface area contributed by atoms with Crippen LogP contribution in [0.4, 0.5) is 0 Å². The van der Waals surface area contributed by atoms with Crippen LogP contribution in [0.15, 0.2) is 54.0 Å². The van der Waals surface area contributed by atoms with Gasteiger partial charge in [-0.15, -0.1) is 0 Å². The molecule has 0 bridgehead atoms. The van der Waals surface area contributed by atoms with Gasteiger partial charge in [0.25, 0.3) is 5.91 Å². The number of benzene rings is 1. The third-order valence-corrected chi connectivity index (χ3v) is 3.48. The highest BCUT2D eigenvalue weighted by Crippen LogP contribution is 2.19. The molecule has 1 amide bonds. The first-order chi connectivity index (χ1) is 10.7. The van der Waals surface area contributed by atoms with Crippen molar-refractivity contribution in [2.24, 2.45) is 0 Å². The second-order valence-electron chi connectivity index (χ2n) is 6.80. The first-order valence-corrected chi connectivity index (χ1v) is 7.64. The van der Waals surface area contributed by atoms with Crippen LogP contribution in [0.5, 0.6) is 0 Å². The van der Waals surface area contributed by atoms with Gasteiger partial charge in [-0.2, -0.15) is 0 Å². The predicted molar refractivity (Wildman–Crippen MR) is 90.3 cm³/mol. The summed E-state index contributed by atoms with van der Waals surface area (Å²) in [6.45, 7) is 9.57. The number of nitrogens with zero attached hydrogens (tertiary/aromatic N) is 1. The lowest BCUT2D eigenvalue weighted by Crippen LogP contribution is -2.55. The highest BCUT2D eigenvalue weighted by atomic mass is 16.3. The van der Waals surface area contributed by atoms with Gasteiger partial charge in [0.05, 0.1) is 5.54 Å². The van der Waals surface area contributed by atoms with E-state index in [-0.39, 0.29) is 11.8 Å². The Hall–Kier alpha value is -2.49. The maximum Gasteiger partial charge on any atom is 0.272 e. The van der Waals surface area contributed by atoms with E-state index in [1.807, 2.05) is 52.8 Å². The largest absolute Gasteiger partial charge is 0.859 e. The molecule has 0 heterocycles. The van der Waals surface area contributed by atoms with Gasteiger partial charge in [-0.25, -0.2) is 5.01 Å². The van der Waals surface area contributed by atoms with Crippen molar-refractivity contribution in [2.45, 2.75) is 40.2 Å². The quantitative estimate of drug-likeness (QED) is 0.690. The summed E-state index contributed by atoms with van der Waals surface area (Å²) < 4.78 is 0. The van der Waals surface area contributed by atoms with E-state index in [9.17, 15) is 9.90 Å². The van der Waals surface area contributed by atoms with Crippen molar-refractivity contribution < 1.29 is 9.90 Å². The lowest BCUT2D eigenvalue weighted by molar-refractivity contribution is -0.320. The van der Waals surface area contributed by atoms with Gasteiger partial charge in [-0.05, 0) is 58.2 Å². The normalized spacial score (nSPS) is 13.3. The predicted octanol–water partition coefficient (Wildman–Crippen LogP) is 2.75. The summed E-state index contributed by atoms with van der Waals surface area (Å²) in [4.78, 5) is 12.9. The monoisotopic (exact) mass is 311 g/mol. The maximum absolute atomic E-state index is 12.9. The fraction of sp³-hybridized carbons (Fsp3) is 0.316. The SMILES string of the molecule is Cc1cc(C)cc(C(=O)N(NC([O-])=C2C=CC=C2)C(C)(C)C)c1. The Bertz CT molecular complexity index is 672. The molecule has 122 valence electrons. The Morgan fingerprint density at radius 2 is 1.57 bits per heavy atom. The van der Waals surface area contributed by atoms with E-state index in [0.29, 0.717) is 11.1 Å². The topological polar surface area (TPSA) is 55.4 Å². The number of hydrogen-bond donors (Lipinski definition) is 1. The molecular formula is C19H23N2O2-. The summed E-state index contributed by atoms with van der Waals surface area (Å²) in [5, 5.41) is 13.7. The van der Waals surface area contributed by atoms with Crippen LogP contribution in [-0.4, -0.2) is 16.5 Å². The standard InChI is InChI=1S/C19H24N2O2/c1-13-10-14(2)12-16(11-13)18(23)21(19(3,4)5)20-17(22)15-8-6-7-9-15/h6-12,20,22H,1-5H3/p-1. The molecule has 0 spiro atoms. The van der Waals surface area contributed by atoms with Gasteiger partial charge in [-0.1, -0.05) is 41.5 Å². The highest BCUT2D eigenvalue weighted by Gasteiger charge is 2.27. The smallest absolute Gasteiger partial charge is 0.272 e. The van der Waals surface area contributed by atoms with Crippen molar-refractivity contribution in [3.63, 3.8) is 0 Å². The first-order valence-electron chi connectivity index (χ1n) is 7.64. The number of aryl methyl sites for hydroxylation is 2. The van der Waals surface area contributed by atoms with E-state index in [1.165, 1.54) is 5.01 Å². The van der Waals surface area contributed by atoms with E-state index in [2.05, 4.69) is 5.43 Å².